The Morgan fingerprint density at radius 3 is 1.83 bits per heavy atom. The first-order valence-electron chi connectivity index (χ1n) is 10.0. The zero-order chi connectivity index (χ0) is 27.1. The second kappa shape index (κ2) is 11.9. The lowest BCUT2D eigenvalue weighted by Gasteiger charge is -2.18. The van der Waals surface area contributed by atoms with Gasteiger partial charge in [0.1, 0.15) is 0 Å². The molecule has 6 nitrogen and oxygen atoms in total. The Morgan fingerprint density at radius 1 is 0.833 bits per heavy atom. The molecule has 2 rings (SSSR count). The Hall–Kier alpha value is -3.58. The second-order valence-corrected chi connectivity index (χ2v) is 7.06. The second-order valence-electron chi connectivity index (χ2n) is 7.06. The average molecular weight is 530 g/mol. The molecule has 0 aromatic heterocycles. The number of rotatable bonds is 10. The number of hydrogen-bond donors (Lipinski definition) is 0. The van der Waals surface area contributed by atoms with E-state index in [4.69, 9.17) is 9.47 Å². The van der Waals surface area contributed by atoms with E-state index in [1.54, 1.807) is 0 Å². The maximum absolute atomic E-state index is 14.2. The number of alkyl halides is 6. The minimum atomic E-state index is -4.73. The highest BCUT2D eigenvalue weighted by Gasteiger charge is 2.31. The van der Waals surface area contributed by atoms with Crippen LogP contribution >= 0.6 is 0 Å². The fourth-order valence-corrected chi connectivity index (χ4v) is 2.70. The van der Waals surface area contributed by atoms with Crippen LogP contribution in [0.25, 0.3) is 0 Å². The molecule has 0 aliphatic rings. The van der Waals surface area contributed by atoms with Crippen LogP contribution in [0.15, 0.2) is 36.4 Å². The Bertz CT molecular complexity index is 1070. The predicted octanol–water partition coefficient (Wildman–Crippen LogP) is 5.24. The van der Waals surface area contributed by atoms with Crippen molar-refractivity contribution in [3.8, 4) is 11.5 Å². The van der Waals surface area contributed by atoms with Gasteiger partial charge in [0, 0.05) is 5.56 Å². The summed E-state index contributed by atoms with van der Waals surface area (Å²) in [6, 6.07) is 5.07. The molecule has 2 aromatic rings. The van der Waals surface area contributed by atoms with E-state index in [9.17, 15) is 44.7 Å². The minimum Gasteiger partial charge on any atom is -0.481 e. The molecular formula is C22H18F8O6. The average Bonchev–Trinajstić information content (AvgIpc) is 2.75. The molecule has 0 fully saturated rings. The van der Waals surface area contributed by atoms with Crippen molar-refractivity contribution in [2.24, 2.45) is 0 Å². The van der Waals surface area contributed by atoms with Gasteiger partial charge in [-0.15, -0.1) is 0 Å². The number of hydrogen-bond acceptors (Lipinski definition) is 6. The summed E-state index contributed by atoms with van der Waals surface area (Å²) < 4.78 is 120. The van der Waals surface area contributed by atoms with E-state index in [2.05, 4.69) is 9.47 Å². The highest BCUT2D eigenvalue weighted by Crippen LogP contribution is 2.28. The van der Waals surface area contributed by atoms with Crippen molar-refractivity contribution in [3.63, 3.8) is 0 Å². The van der Waals surface area contributed by atoms with Crippen molar-refractivity contribution in [2.75, 3.05) is 19.8 Å². The third kappa shape index (κ3) is 9.23. The van der Waals surface area contributed by atoms with Gasteiger partial charge in [-0.1, -0.05) is 12.1 Å². The van der Waals surface area contributed by atoms with Gasteiger partial charge in [-0.2, -0.15) is 26.3 Å². The summed E-state index contributed by atoms with van der Waals surface area (Å²) in [5, 5.41) is 0. The Balaban J connectivity index is 2.14. The molecule has 0 N–H and O–H groups in total. The van der Waals surface area contributed by atoms with Gasteiger partial charge in [0.15, 0.2) is 36.3 Å². The van der Waals surface area contributed by atoms with Gasteiger partial charge in [-0.3, -0.25) is 4.79 Å². The van der Waals surface area contributed by atoms with Crippen LogP contribution < -0.4 is 9.47 Å². The molecule has 1 atom stereocenters. The molecule has 0 aliphatic heterocycles. The van der Waals surface area contributed by atoms with Gasteiger partial charge >= 0.3 is 24.3 Å². The topological polar surface area (TPSA) is 71.1 Å². The number of carbonyl (C=O) groups is 2. The van der Waals surface area contributed by atoms with Crippen molar-refractivity contribution in [2.45, 2.75) is 31.8 Å². The Labute approximate surface area is 198 Å². The van der Waals surface area contributed by atoms with Gasteiger partial charge in [0.2, 0.25) is 6.10 Å². The highest BCUT2D eigenvalue weighted by molar-refractivity contribution is 5.81. The zero-order valence-electron chi connectivity index (χ0n) is 18.3. The van der Waals surface area contributed by atoms with E-state index in [1.807, 2.05) is 0 Å². The first-order chi connectivity index (χ1) is 16.7. The van der Waals surface area contributed by atoms with E-state index in [0.29, 0.717) is 6.07 Å². The zero-order valence-corrected chi connectivity index (χ0v) is 18.3. The molecule has 36 heavy (non-hydrogen) atoms. The van der Waals surface area contributed by atoms with Crippen LogP contribution in [-0.4, -0.2) is 44.1 Å². The van der Waals surface area contributed by atoms with Crippen LogP contribution in [0, 0.1) is 11.6 Å². The highest BCUT2D eigenvalue weighted by atomic mass is 19.4. The summed E-state index contributed by atoms with van der Waals surface area (Å²) in [6.45, 7) is -2.23. The summed E-state index contributed by atoms with van der Waals surface area (Å²) in [5.74, 6) is -6.21. The molecule has 0 amide bonds. The van der Waals surface area contributed by atoms with Crippen molar-refractivity contribution < 1.29 is 63.7 Å². The summed E-state index contributed by atoms with van der Waals surface area (Å²) in [7, 11) is 0. The van der Waals surface area contributed by atoms with Crippen molar-refractivity contribution >= 4 is 11.9 Å². The van der Waals surface area contributed by atoms with E-state index in [0.717, 1.165) is 30.3 Å². The summed E-state index contributed by atoms with van der Waals surface area (Å²) in [4.78, 5) is 24.6. The fourth-order valence-electron chi connectivity index (χ4n) is 2.70. The fraction of sp³-hybridized carbons (Fsp3) is 0.364. The summed E-state index contributed by atoms with van der Waals surface area (Å²) in [6.07, 6.45) is -11.9. The first kappa shape index (κ1) is 28.7. The molecular weight excluding hydrogens is 512 g/mol. The first-order valence-corrected chi connectivity index (χ1v) is 10.0. The molecule has 1 unspecified atom stereocenters. The molecule has 0 heterocycles. The van der Waals surface area contributed by atoms with Crippen LogP contribution in [-0.2, 0) is 25.5 Å². The Morgan fingerprint density at radius 2 is 1.36 bits per heavy atom. The molecule has 0 bridgehead atoms. The molecule has 0 spiro atoms. The number of ether oxygens (including phenoxy) is 4. The number of carbonyl (C=O) groups excluding carboxylic acids is 2. The van der Waals surface area contributed by atoms with Crippen LogP contribution in [0.2, 0.25) is 0 Å². The molecule has 0 saturated carbocycles. The van der Waals surface area contributed by atoms with Gasteiger partial charge in [0.25, 0.3) is 0 Å². The van der Waals surface area contributed by atoms with Gasteiger partial charge in [-0.05, 0) is 36.8 Å². The van der Waals surface area contributed by atoms with Crippen LogP contribution in [0.4, 0.5) is 35.1 Å². The van der Waals surface area contributed by atoms with Crippen molar-refractivity contribution in [1.29, 1.82) is 0 Å². The lowest BCUT2D eigenvalue weighted by molar-refractivity contribution is -0.167. The van der Waals surface area contributed by atoms with Crippen molar-refractivity contribution in [1.82, 2.24) is 0 Å². The van der Waals surface area contributed by atoms with Crippen molar-refractivity contribution in [3.05, 3.63) is 59.2 Å². The molecule has 0 aliphatic carbocycles. The largest absolute Gasteiger partial charge is 0.481 e. The molecule has 0 radical (unpaired) electrons. The monoisotopic (exact) mass is 530 g/mol. The maximum atomic E-state index is 14.2. The quantitative estimate of drug-likeness (QED) is 0.309. The standard InChI is InChI=1S/C22H18F8O6/c1-2-33-20(32)19(13-4-6-17(15(24)9-13)35-11-22(28,29)30)36-18(31)8-12-3-5-16(14(23)7-12)34-10-21(25,26)27/h3-7,9,19H,2,8,10-11H2,1H3. The number of esters is 2. The van der Waals surface area contributed by atoms with Crippen LogP contribution in [0.5, 0.6) is 11.5 Å². The molecule has 0 saturated heterocycles. The maximum Gasteiger partial charge on any atom is 0.422 e. The normalized spacial score (nSPS) is 12.6. The lowest BCUT2D eigenvalue weighted by atomic mass is 10.1. The van der Waals surface area contributed by atoms with Gasteiger partial charge in [-0.25, -0.2) is 13.6 Å². The van der Waals surface area contributed by atoms with Gasteiger partial charge in [0.05, 0.1) is 13.0 Å². The van der Waals surface area contributed by atoms with E-state index in [1.165, 1.54) is 6.92 Å². The van der Waals surface area contributed by atoms with Crippen LogP contribution in [0.1, 0.15) is 24.2 Å². The molecule has 2 aromatic carbocycles. The summed E-state index contributed by atoms with van der Waals surface area (Å²) >= 11 is 0. The smallest absolute Gasteiger partial charge is 0.422 e. The summed E-state index contributed by atoms with van der Waals surface area (Å²) in [5.41, 5.74) is -0.345. The molecule has 198 valence electrons. The Kier molecular flexibility index (Phi) is 9.48. The SMILES string of the molecule is CCOC(=O)C(OC(=O)Cc1ccc(OCC(F)(F)F)c(F)c1)c1ccc(OCC(F)(F)F)c(F)c1. The van der Waals surface area contributed by atoms with Gasteiger partial charge < -0.3 is 18.9 Å². The predicted molar refractivity (Wildman–Crippen MR) is 105 cm³/mol. The van der Waals surface area contributed by atoms with E-state index < -0.39 is 73.2 Å². The minimum absolute atomic E-state index is 0.0541. The van der Waals surface area contributed by atoms with E-state index >= 15 is 0 Å². The third-order valence-corrected chi connectivity index (χ3v) is 4.14. The number of halogens is 8. The lowest BCUT2D eigenvalue weighted by Crippen LogP contribution is -2.23. The molecule has 14 heteroatoms. The third-order valence-electron chi connectivity index (χ3n) is 4.14. The van der Waals surface area contributed by atoms with Crippen LogP contribution in [0.3, 0.4) is 0 Å². The van der Waals surface area contributed by atoms with E-state index in [-0.39, 0.29) is 17.7 Å². The number of benzene rings is 2.